The molecule has 0 aromatic heterocycles. The minimum Gasteiger partial charge on any atom is -0.478 e. The Morgan fingerprint density at radius 1 is 1.53 bits per heavy atom. The highest BCUT2D eigenvalue weighted by Crippen LogP contribution is 2.27. The van der Waals surface area contributed by atoms with Crippen molar-refractivity contribution in [3.05, 3.63) is 28.2 Å². The number of benzene rings is 1. The summed E-state index contributed by atoms with van der Waals surface area (Å²) in [6, 6.07) is 5.24. The van der Waals surface area contributed by atoms with E-state index >= 15 is 0 Å². The Labute approximate surface area is 102 Å². The maximum atomic E-state index is 10.9. The molecule has 0 aliphatic heterocycles. The molecule has 1 aromatic carbocycles. The van der Waals surface area contributed by atoms with Crippen LogP contribution in [0.3, 0.4) is 0 Å². The topological polar surface area (TPSA) is 37.3 Å². The molecule has 0 saturated heterocycles. The highest BCUT2D eigenvalue weighted by molar-refractivity contribution is 9.10. The zero-order valence-electron chi connectivity index (χ0n) is 8.66. The first-order chi connectivity index (χ1) is 7.00. The average molecular weight is 289 g/mol. The quantitative estimate of drug-likeness (QED) is 0.854. The molecule has 2 nitrogen and oxygen atoms in total. The minimum atomic E-state index is -0.867. The molecule has 0 saturated carbocycles. The molecule has 0 bridgehead atoms. The molecule has 0 atom stereocenters. The van der Waals surface area contributed by atoms with Gasteiger partial charge in [-0.3, -0.25) is 0 Å². The van der Waals surface area contributed by atoms with Gasteiger partial charge in [-0.15, -0.1) is 11.8 Å². The second-order valence-electron chi connectivity index (χ2n) is 3.65. The maximum absolute atomic E-state index is 10.9. The normalized spacial score (nSPS) is 10.7. The summed E-state index contributed by atoms with van der Waals surface area (Å²) < 4.78 is 0.916. The van der Waals surface area contributed by atoms with E-state index in [0.717, 1.165) is 15.1 Å². The van der Waals surface area contributed by atoms with Gasteiger partial charge in [-0.05, 0) is 24.1 Å². The van der Waals surface area contributed by atoms with Gasteiger partial charge in [-0.25, -0.2) is 4.79 Å². The molecule has 0 aliphatic carbocycles. The summed E-state index contributed by atoms with van der Waals surface area (Å²) in [5, 5.41) is 8.99. The van der Waals surface area contributed by atoms with E-state index in [1.807, 2.05) is 6.07 Å². The van der Waals surface area contributed by atoms with Crippen LogP contribution in [0.4, 0.5) is 0 Å². The van der Waals surface area contributed by atoms with E-state index in [-0.39, 0.29) is 0 Å². The third-order valence-electron chi connectivity index (χ3n) is 1.75. The number of rotatable bonds is 4. The van der Waals surface area contributed by atoms with E-state index in [1.165, 1.54) is 0 Å². The Bertz CT molecular complexity index is 364. The van der Waals surface area contributed by atoms with Crippen LogP contribution in [-0.4, -0.2) is 16.8 Å². The zero-order valence-corrected chi connectivity index (χ0v) is 11.1. The number of halogens is 1. The van der Waals surface area contributed by atoms with Gasteiger partial charge < -0.3 is 5.11 Å². The van der Waals surface area contributed by atoms with Crippen molar-refractivity contribution >= 4 is 33.7 Å². The number of carboxylic acid groups (broad SMARTS) is 1. The van der Waals surface area contributed by atoms with Gasteiger partial charge in [0.2, 0.25) is 0 Å². The third kappa shape index (κ3) is 3.87. The van der Waals surface area contributed by atoms with E-state index in [9.17, 15) is 4.79 Å². The molecule has 0 unspecified atom stereocenters. The monoisotopic (exact) mass is 288 g/mol. The highest BCUT2D eigenvalue weighted by atomic mass is 79.9. The van der Waals surface area contributed by atoms with Crippen molar-refractivity contribution in [1.82, 2.24) is 0 Å². The van der Waals surface area contributed by atoms with Crippen LogP contribution >= 0.6 is 27.7 Å². The van der Waals surface area contributed by atoms with Crippen LogP contribution in [0.2, 0.25) is 0 Å². The summed E-state index contributed by atoms with van der Waals surface area (Å²) in [5.74, 6) is 0.612. The van der Waals surface area contributed by atoms with Gasteiger partial charge in [0.1, 0.15) is 0 Å². The summed E-state index contributed by atoms with van der Waals surface area (Å²) >= 11 is 4.93. The second-order valence-corrected chi connectivity index (χ2v) is 5.63. The second kappa shape index (κ2) is 5.56. The molecule has 15 heavy (non-hydrogen) atoms. The molecule has 0 radical (unpaired) electrons. The molecular formula is C11H13BrO2S. The Morgan fingerprint density at radius 3 is 2.73 bits per heavy atom. The predicted octanol–water partition coefficient (Wildman–Crippen LogP) is 3.90. The summed E-state index contributed by atoms with van der Waals surface area (Å²) in [5.41, 5.74) is 0.379. The summed E-state index contributed by atoms with van der Waals surface area (Å²) in [6.45, 7) is 4.23. The largest absolute Gasteiger partial charge is 0.478 e. The van der Waals surface area contributed by atoms with Gasteiger partial charge in [0.05, 0.1) is 5.56 Å². The van der Waals surface area contributed by atoms with Crippen molar-refractivity contribution in [2.24, 2.45) is 5.92 Å². The number of carboxylic acids is 1. The van der Waals surface area contributed by atoms with Crippen LogP contribution in [0.15, 0.2) is 27.6 Å². The standard InChI is InChI=1S/C11H13BrO2S/c1-7(2)6-15-10-5-8(12)3-4-9(10)11(13)14/h3-5,7H,6H2,1-2H3,(H,13,14). The molecule has 0 heterocycles. The van der Waals surface area contributed by atoms with E-state index in [2.05, 4.69) is 29.8 Å². The fourth-order valence-electron chi connectivity index (χ4n) is 1.05. The lowest BCUT2D eigenvalue weighted by molar-refractivity contribution is 0.0693. The van der Waals surface area contributed by atoms with E-state index < -0.39 is 5.97 Å². The Morgan fingerprint density at radius 2 is 2.20 bits per heavy atom. The number of hydrogen-bond donors (Lipinski definition) is 1. The molecule has 0 aliphatic rings. The van der Waals surface area contributed by atoms with Crippen molar-refractivity contribution in [2.75, 3.05) is 5.75 Å². The van der Waals surface area contributed by atoms with Gasteiger partial charge in [-0.1, -0.05) is 29.8 Å². The maximum Gasteiger partial charge on any atom is 0.336 e. The molecule has 0 spiro atoms. The zero-order chi connectivity index (χ0) is 11.4. The van der Waals surface area contributed by atoms with Gasteiger partial charge >= 0.3 is 5.97 Å². The van der Waals surface area contributed by atoms with Crippen LogP contribution in [0.5, 0.6) is 0 Å². The van der Waals surface area contributed by atoms with Crippen LogP contribution in [0.25, 0.3) is 0 Å². The summed E-state index contributed by atoms with van der Waals surface area (Å²) in [6.07, 6.45) is 0. The Balaban J connectivity index is 2.92. The first kappa shape index (κ1) is 12.6. The predicted molar refractivity (Wildman–Crippen MR) is 66.7 cm³/mol. The Kier molecular flexibility index (Phi) is 4.67. The fraction of sp³-hybridized carbons (Fsp3) is 0.364. The van der Waals surface area contributed by atoms with Crippen LogP contribution in [0, 0.1) is 5.92 Å². The molecule has 1 rings (SSSR count). The van der Waals surface area contributed by atoms with Crippen LogP contribution < -0.4 is 0 Å². The molecule has 1 aromatic rings. The molecule has 0 fully saturated rings. The lowest BCUT2D eigenvalue weighted by atomic mass is 10.2. The summed E-state index contributed by atoms with van der Waals surface area (Å²) in [4.78, 5) is 11.8. The van der Waals surface area contributed by atoms with E-state index in [0.29, 0.717) is 11.5 Å². The molecule has 4 heteroatoms. The molecule has 82 valence electrons. The molecule has 0 amide bonds. The van der Waals surface area contributed by atoms with Gasteiger partial charge in [0.25, 0.3) is 0 Å². The minimum absolute atomic E-state index is 0.379. The highest BCUT2D eigenvalue weighted by Gasteiger charge is 2.11. The van der Waals surface area contributed by atoms with E-state index in [4.69, 9.17) is 5.11 Å². The van der Waals surface area contributed by atoms with Crippen molar-refractivity contribution in [1.29, 1.82) is 0 Å². The SMILES string of the molecule is CC(C)CSc1cc(Br)ccc1C(=O)O. The lowest BCUT2D eigenvalue weighted by Crippen LogP contribution is -2.00. The third-order valence-corrected chi connectivity index (χ3v) is 3.72. The van der Waals surface area contributed by atoms with Gasteiger partial charge in [0, 0.05) is 15.1 Å². The smallest absolute Gasteiger partial charge is 0.336 e. The van der Waals surface area contributed by atoms with Crippen LogP contribution in [0.1, 0.15) is 24.2 Å². The number of hydrogen-bond acceptors (Lipinski definition) is 2. The number of aromatic carboxylic acids is 1. The number of carbonyl (C=O) groups is 1. The first-order valence-electron chi connectivity index (χ1n) is 4.66. The summed E-state index contributed by atoms with van der Waals surface area (Å²) in [7, 11) is 0. The van der Waals surface area contributed by atoms with Crippen molar-refractivity contribution in [3.63, 3.8) is 0 Å². The average Bonchev–Trinajstić information content (AvgIpc) is 2.14. The molecular weight excluding hydrogens is 276 g/mol. The van der Waals surface area contributed by atoms with Crippen molar-refractivity contribution in [2.45, 2.75) is 18.7 Å². The van der Waals surface area contributed by atoms with Crippen molar-refractivity contribution < 1.29 is 9.90 Å². The first-order valence-corrected chi connectivity index (χ1v) is 6.44. The fourth-order valence-corrected chi connectivity index (χ4v) is 2.60. The molecule has 1 N–H and O–H groups in total. The van der Waals surface area contributed by atoms with Crippen molar-refractivity contribution in [3.8, 4) is 0 Å². The van der Waals surface area contributed by atoms with Gasteiger partial charge in [0.15, 0.2) is 0 Å². The van der Waals surface area contributed by atoms with Gasteiger partial charge in [-0.2, -0.15) is 0 Å². The van der Waals surface area contributed by atoms with Crippen LogP contribution in [-0.2, 0) is 0 Å². The lowest BCUT2D eigenvalue weighted by Gasteiger charge is -2.08. The number of thioether (sulfide) groups is 1. The Hall–Kier alpha value is -0.480. The van der Waals surface area contributed by atoms with E-state index in [1.54, 1.807) is 23.9 Å².